The third kappa shape index (κ3) is 3.85. The second kappa shape index (κ2) is 6.23. The van der Waals surface area contributed by atoms with Gasteiger partial charge in [0, 0.05) is 19.1 Å². The SMILES string of the molecule is O=C(NC1CCS(=O)(=O)C1)N1CC=C(c2ccc(O)cc2)CC1. The van der Waals surface area contributed by atoms with E-state index in [1.165, 1.54) is 0 Å². The average Bonchev–Trinajstić information content (AvgIpc) is 2.87. The Kier molecular flexibility index (Phi) is 4.30. The van der Waals surface area contributed by atoms with Gasteiger partial charge in [-0.15, -0.1) is 0 Å². The lowest BCUT2D eigenvalue weighted by Crippen LogP contribution is -2.46. The van der Waals surface area contributed by atoms with Crippen LogP contribution in [-0.4, -0.2) is 55.1 Å². The molecule has 0 spiro atoms. The zero-order valence-electron chi connectivity index (χ0n) is 12.7. The van der Waals surface area contributed by atoms with Crippen LogP contribution in [0, 0.1) is 0 Å². The highest BCUT2D eigenvalue weighted by Gasteiger charge is 2.30. The highest BCUT2D eigenvalue weighted by molar-refractivity contribution is 7.91. The van der Waals surface area contributed by atoms with E-state index < -0.39 is 9.84 Å². The van der Waals surface area contributed by atoms with Crippen molar-refractivity contribution in [3.05, 3.63) is 35.9 Å². The van der Waals surface area contributed by atoms with Gasteiger partial charge in [0.15, 0.2) is 9.84 Å². The van der Waals surface area contributed by atoms with Gasteiger partial charge in [0.2, 0.25) is 0 Å². The fraction of sp³-hybridized carbons (Fsp3) is 0.438. The number of nitrogens with zero attached hydrogens (tertiary/aromatic N) is 1. The Morgan fingerprint density at radius 1 is 1.26 bits per heavy atom. The van der Waals surface area contributed by atoms with E-state index in [0.29, 0.717) is 19.5 Å². The summed E-state index contributed by atoms with van der Waals surface area (Å²) >= 11 is 0. The van der Waals surface area contributed by atoms with Crippen LogP contribution in [0.3, 0.4) is 0 Å². The lowest BCUT2D eigenvalue weighted by atomic mass is 9.99. The number of sulfone groups is 1. The van der Waals surface area contributed by atoms with E-state index in [0.717, 1.165) is 17.6 Å². The van der Waals surface area contributed by atoms with Crippen molar-refractivity contribution in [2.45, 2.75) is 18.9 Å². The molecule has 2 aliphatic rings. The number of hydrogen-bond acceptors (Lipinski definition) is 4. The van der Waals surface area contributed by atoms with E-state index in [2.05, 4.69) is 5.32 Å². The van der Waals surface area contributed by atoms with Crippen LogP contribution in [0.25, 0.3) is 5.57 Å². The Hall–Kier alpha value is -2.02. The lowest BCUT2D eigenvalue weighted by Gasteiger charge is -2.28. The normalized spacial score (nSPS) is 23.4. The van der Waals surface area contributed by atoms with Crippen LogP contribution in [0.2, 0.25) is 0 Å². The molecule has 1 aromatic rings. The monoisotopic (exact) mass is 336 g/mol. The first kappa shape index (κ1) is 15.9. The topological polar surface area (TPSA) is 86.7 Å². The Morgan fingerprint density at radius 2 is 2.00 bits per heavy atom. The molecule has 6 nitrogen and oxygen atoms in total. The molecule has 2 N–H and O–H groups in total. The van der Waals surface area contributed by atoms with Crippen LogP contribution in [0.1, 0.15) is 18.4 Å². The fourth-order valence-corrected chi connectivity index (χ4v) is 4.64. The van der Waals surface area contributed by atoms with Crippen LogP contribution in [-0.2, 0) is 9.84 Å². The van der Waals surface area contributed by atoms with Gasteiger partial charge in [-0.3, -0.25) is 0 Å². The van der Waals surface area contributed by atoms with Crippen LogP contribution in [0.5, 0.6) is 5.75 Å². The second-order valence-corrected chi connectivity index (χ2v) is 8.25. The molecule has 0 bridgehead atoms. The summed E-state index contributed by atoms with van der Waals surface area (Å²) in [6.45, 7) is 1.10. The summed E-state index contributed by atoms with van der Waals surface area (Å²) in [5.74, 6) is 0.432. The maximum Gasteiger partial charge on any atom is 0.317 e. The maximum absolute atomic E-state index is 12.2. The highest BCUT2D eigenvalue weighted by Crippen LogP contribution is 2.24. The van der Waals surface area contributed by atoms with Crippen molar-refractivity contribution in [2.75, 3.05) is 24.6 Å². The summed E-state index contributed by atoms with van der Waals surface area (Å²) < 4.78 is 22.9. The zero-order valence-corrected chi connectivity index (χ0v) is 13.6. The van der Waals surface area contributed by atoms with E-state index in [1.807, 2.05) is 18.2 Å². The number of urea groups is 1. The van der Waals surface area contributed by atoms with Gasteiger partial charge < -0.3 is 15.3 Å². The first-order chi connectivity index (χ1) is 10.9. The van der Waals surface area contributed by atoms with E-state index in [4.69, 9.17) is 0 Å². The number of amides is 2. The fourth-order valence-electron chi connectivity index (χ4n) is 2.97. The van der Waals surface area contributed by atoms with Crippen molar-refractivity contribution in [3.8, 4) is 5.75 Å². The third-order valence-electron chi connectivity index (χ3n) is 4.29. The van der Waals surface area contributed by atoms with Gasteiger partial charge in [0.05, 0.1) is 11.5 Å². The number of aromatic hydroxyl groups is 1. The molecule has 1 aromatic carbocycles. The molecule has 2 aliphatic heterocycles. The minimum atomic E-state index is -2.99. The lowest BCUT2D eigenvalue weighted by molar-refractivity contribution is 0.200. The summed E-state index contributed by atoms with van der Waals surface area (Å²) in [5, 5.41) is 12.1. The molecule has 2 heterocycles. The molecule has 1 saturated heterocycles. The summed E-state index contributed by atoms with van der Waals surface area (Å²) in [6.07, 6.45) is 3.23. The van der Waals surface area contributed by atoms with Crippen molar-refractivity contribution in [2.24, 2.45) is 0 Å². The predicted octanol–water partition coefficient (Wildman–Crippen LogP) is 1.38. The molecule has 0 radical (unpaired) electrons. The molecule has 7 heteroatoms. The number of phenols is 1. The van der Waals surface area contributed by atoms with Crippen LogP contribution < -0.4 is 5.32 Å². The number of carbonyl (C=O) groups is 1. The smallest absolute Gasteiger partial charge is 0.317 e. The Labute approximate surface area is 135 Å². The van der Waals surface area contributed by atoms with E-state index in [1.54, 1.807) is 17.0 Å². The molecule has 2 amide bonds. The molecule has 1 atom stereocenters. The van der Waals surface area contributed by atoms with Crippen LogP contribution in [0.15, 0.2) is 30.3 Å². The molecular formula is C16H20N2O4S. The largest absolute Gasteiger partial charge is 0.508 e. The Morgan fingerprint density at radius 3 is 2.57 bits per heavy atom. The zero-order chi connectivity index (χ0) is 16.4. The predicted molar refractivity (Wildman–Crippen MR) is 87.9 cm³/mol. The van der Waals surface area contributed by atoms with Gasteiger partial charge >= 0.3 is 6.03 Å². The standard InChI is InChI=1S/C16H20N2O4S/c19-15-3-1-12(2-4-15)13-5-8-18(9-6-13)16(20)17-14-7-10-23(21,22)11-14/h1-5,14,19H,6-11H2,(H,17,20). The number of benzene rings is 1. The van der Waals surface area contributed by atoms with Gasteiger partial charge in [-0.05, 0) is 36.1 Å². The first-order valence-electron chi connectivity index (χ1n) is 7.67. The van der Waals surface area contributed by atoms with Gasteiger partial charge in [0.1, 0.15) is 5.75 Å². The summed E-state index contributed by atoms with van der Waals surface area (Å²) in [5.41, 5.74) is 2.20. The minimum Gasteiger partial charge on any atom is -0.508 e. The van der Waals surface area contributed by atoms with Crippen molar-refractivity contribution in [3.63, 3.8) is 0 Å². The maximum atomic E-state index is 12.2. The van der Waals surface area contributed by atoms with Crippen LogP contribution >= 0.6 is 0 Å². The van der Waals surface area contributed by atoms with Gasteiger partial charge in [-0.25, -0.2) is 13.2 Å². The third-order valence-corrected chi connectivity index (χ3v) is 6.06. The number of rotatable bonds is 2. The van der Waals surface area contributed by atoms with Crippen LogP contribution in [0.4, 0.5) is 4.79 Å². The molecule has 0 aliphatic carbocycles. The van der Waals surface area contributed by atoms with Gasteiger partial charge in [-0.2, -0.15) is 0 Å². The first-order valence-corrected chi connectivity index (χ1v) is 9.49. The number of phenolic OH excluding ortho intramolecular Hbond substituents is 1. The van der Waals surface area contributed by atoms with Gasteiger partial charge in [0.25, 0.3) is 0 Å². The molecule has 0 aromatic heterocycles. The van der Waals surface area contributed by atoms with Gasteiger partial charge in [-0.1, -0.05) is 18.2 Å². The minimum absolute atomic E-state index is 0.0428. The van der Waals surface area contributed by atoms with E-state index in [-0.39, 0.29) is 29.3 Å². The van der Waals surface area contributed by atoms with Crippen molar-refractivity contribution < 1.29 is 18.3 Å². The summed E-state index contributed by atoms with van der Waals surface area (Å²) in [7, 11) is -2.99. The molecular weight excluding hydrogens is 316 g/mol. The highest BCUT2D eigenvalue weighted by atomic mass is 32.2. The molecule has 1 fully saturated rings. The second-order valence-electron chi connectivity index (χ2n) is 6.02. The Balaban J connectivity index is 1.57. The molecule has 124 valence electrons. The van der Waals surface area contributed by atoms with E-state index >= 15 is 0 Å². The molecule has 1 unspecified atom stereocenters. The van der Waals surface area contributed by atoms with Crippen molar-refractivity contribution >= 4 is 21.4 Å². The number of carbonyl (C=O) groups excluding carboxylic acids is 1. The number of hydrogen-bond donors (Lipinski definition) is 2. The van der Waals surface area contributed by atoms with Crippen molar-refractivity contribution in [1.29, 1.82) is 0 Å². The quantitative estimate of drug-likeness (QED) is 0.854. The number of nitrogens with one attached hydrogen (secondary N) is 1. The molecule has 3 rings (SSSR count). The Bertz CT molecular complexity index is 725. The summed E-state index contributed by atoms with van der Waals surface area (Å²) in [4.78, 5) is 13.9. The van der Waals surface area contributed by atoms with E-state index in [9.17, 15) is 18.3 Å². The average molecular weight is 336 g/mol. The summed E-state index contributed by atoms with van der Waals surface area (Å²) in [6, 6.07) is 6.55. The van der Waals surface area contributed by atoms with Crippen molar-refractivity contribution in [1.82, 2.24) is 10.2 Å². The molecule has 23 heavy (non-hydrogen) atoms. The molecule has 0 saturated carbocycles.